The molecule has 3 aromatic rings. The number of fused-ring (bicyclic) bond motifs is 1. The van der Waals surface area contributed by atoms with Crippen molar-refractivity contribution in [2.75, 3.05) is 0 Å². The molecule has 0 aliphatic heterocycles. The molecule has 0 atom stereocenters. The van der Waals surface area contributed by atoms with Gasteiger partial charge in [0.2, 0.25) is 0 Å². The zero-order chi connectivity index (χ0) is 16.4. The third kappa shape index (κ3) is 3.01. The van der Waals surface area contributed by atoms with Crippen molar-refractivity contribution in [3.63, 3.8) is 0 Å². The number of benzene rings is 1. The van der Waals surface area contributed by atoms with Gasteiger partial charge in [0, 0.05) is 13.2 Å². The lowest BCUT2D eigenvalue weighted by Crippen LogP contribution is -2.07. The van der Waals surface area contributed by atoms with Crippen LogP contribution in [0.2, 0.25) is 0 Å². The van der Waals surface area contributed by atoms with E-state index in [1.165, 1.54) is 6.33 Å². The number of aromatic nitrogens is 3. The predicted molar refractivity (Wildman–Crippen MR) is 86.8 cm³/mol. The SMILES string of the molecule is Cn1cc(CCCc2ccc(C(=O)O)cc2)c2c(=O)[nH]cnc21. The van der Waals surface area contributed by atoms with Gasteiger partial charge in [0.25, 0.3) is 5.56 Å². The molecule has 0 saturated heterocycles. The van der Waals surface area contributed by atoms with Crippen molar-refractivity contribution >= 4 is 17.0 Å². The van der Waals surface area contributed by atoms with Gasteiger partial charge in [0.05, 0.1) is 17.3 Å². The van der Waals surface area contributed by atoms with E-state index < -0.39 is 5.97 Å². The molecule has 0 aliphatic carbocycles. The molecule has 1 aromatic carbocycles. The van der Waals surface area contributed by atoms with E-state index in [1.807, 2.05) is 29.9 Å². The van der Waals surface area contributed by atoms with Gasteiger partial charge in [0.1, 0.15) is 5.65 Å². The van der Waals surface area contributed by atoms with E-state index in [2.05, 4.69) is 9.97 Å². The number of aromatic carboxylic acids is 1. The number of aromatic amines is 1. The van der Waals surface area contributed by atoms with Crippen molar-refractivity contribution in [3.05, 3.63) is 63.8 Å². The van der Waals surface area contributed by atoms with Crippen LogP contribution < -0.4 is 5.56 Å². The second-order valence-corrected chi connectivity index (χ2v) is 5.55. The molecular formula is C17H17N3O3. The van der Waals surface area contributed by atoms with Gasteiger partial charge in [-0.15, -0.1) is 0 Å². The van der Waals surface area contributed by atoms with E-state index in [4.69, 9.17) is 5.11 Å². The van der Waals surface area contributed by atoms with Gasteiger partial charge in [-0.2, -0.15) is 0 Å². The summed E-state index contributed by atoms with van der Waals surface area (Å²) >= 11 is 0. The Morgan fingerprint density at radius 1 is 1.26 bits per heavy atom. The predicted octanol–water partition coefficient (Wildman–Crippen LogP) is 2.14. The van der Waals surface area contributed by atoms with E-state index in [1.54, 1.807) is 12.1 Å². The number of rotatable bonds is 5. The Bertz CT molecular complexity index is 907. The fourth-order valence-corrected chi connectivity index (χ4v) is 2.79. The minimum absolute atomic E-state index is 0.114. The second kappa shape index (κ2) is 6.08. The third-order valence-electron chi connectivity index (χ3n) is 3.95. The van der Waals surface area contributed by atoms with E-state index in [9.17, 15) is 9.59 Å². The molecule has 0 unspecified atom stereocenters. The van der Waals surface area contributed by atoms with Crippen LogP contribution in [0.1, 0.15) is 27.9 Å². The Kier molecular flexibility index (Phi) is 3.97. The molecular weight excluding hydrogens is 294 g/mol. The Labute approximate surface area is 132 Å². The maximum atomic E-state index is 12.0. The van der Waals surface area contributed by atoms with Crippen molar-refractivity contribution in [1.82, 2.24) is 14.5 Å². The van der Waals surface area contributed by atoms with Gasteiger partial charge < -0.3 is 14.7 Å². The Morgan fingerprint density at radius 3 is 2.70 bits per heavy atom. The zero-order valence-electron chi connectivity index (χ0n) is 12.7. The average Bonchev–Trinajstić information content (AvgIpc) is 2.86. The topological polar surface area (TPSA) is 88.0 Å². The molecule has 3 rings (SSSR count). The normalized spacial score (nSPS) is 11.0. The van der Waals surface area contributed by atoms with Crippen molar-refractivity contribution in [2.24, 2.45) is 7.05 Å². The maximum Gasteiger partial charge on any atom is 0.335 e. The van der Waals surface area contributed by atoms with Crippen molar-refractivity contribution in [3.8, 4) is 0 Å². The Hall–Kier alpha value is -2.89. The Balaban J connectivity index is 1.72. The molecule has 6 nitrogen and oxygen atoms in total. The number of aryl methyl sites for hydroxylation is 3. The minimum Gasteiger partial charge on any atom is -0.478 e. The summed E-state index contributed by atoms with van der Waals surface area (Å²) in [5.74, 6) is -0.918. The monoisotopic (exact) mass is 311 g/mol. The second-order valence-electron chi connectivity index (χ2n) is 5.55. The molecule has 2 heterocycles. The first-order valence-corrected chi connectivity index (χ1v) is 7.40. The van der Waals surface area contributed by atoms with Crippen LogP contribution in [-0.2, 0) is 19.9 Å². The van der Waals surface area contributed by atoms with Gasteiger partial charge in [-0.3, -0.25) is 4.79 Å². The number of hydrogen-bond donors (Lipinski definition) is 2. The highest BCUT2D eigenvalue weighted by atomic mass is 16.4. The summed E-state index contributed by atoms with van der Waals surface area (Å²) in [5.41, 5.74) is 2.94. The number of carboxylic acids is 1. The molecule has 118 valence electrons. The fourth-order valence-electron chi connectivity index (χ4n) is 2.79. The largest absolute Gasteiger partial charge is 0.478 e. The number of H-pyrrole nitrogens is 1. The summed E-state index contributed by atoms with van der Waals surface area (Å²) in [4.78, 5) is 29.6. The van der Waals surface area contributed by atoms with E-state index in [-0.39, 0.29) is 5.56 Å². The highest BCUT2D eigenvalue weighted by Crippen LogP contribution is 2.17. The number of carbonyl (C=O) groups is 1. The minimum atomic E-state index is -0.918. The molecule has 0 aliphatic rings. The third-order valence-corrected chi connectivity index (χ3v) is 3.95. The highest BCUT2D eigenvalue weighted by Gasteiger charge is 2.11. The highest BCUT2D eigenvalue weighted by molar-refractivity contribution is 5.87. The van der Waals surface area contributed by atoms with Gasteiger partial charge >= 0.3 is 5.97 Å². The lowest BCUT2D eigenvalue weighted by Gasteiger charge is -2.02. The lowest BCUT2D eigenvalue weighted by atomic mass is 10.0. The molecule has 0 saturated carbocycles. The van der Waals surface area contributed by atoms with E-state index in [0.29, 0.717) is 16.6 Å². The van der Waals surface area contributed by atoms with Crippen LogP contribution in [0, 0.1) is 0 Å². The average molecular weight is 311 g/mol. The number of nitrogens with one attached hydrogen (secondary N) is 1. The molecule has 0 fully saturated rings. The van der Waals surface area contributed by atoms with Crippen LogP contribution in [0.3, 0.4) is 0 Å². The van der Waals surface area contributed by atoms with Crippen LogP contribution in [-0.4, -0.2) is 25.6 Å². The summed E-state index contributed by atoms with van der Waals surface area (Å²) in [6.45, 7) is 0. The first kappa shape index (κ1) is 15.0. The maximum absolute atomic E-state index is 12.0. The van der Waals surface area contributed by atoms with Crippen LogP contribution in [0.5, 0.6) is 0 Å². The zero-order valence-corrected chi connectivity index (χ0v) is 12.7. The van der Waals surface area contributed by atoms with Crippen molar-refractivity contribution in [2.45, 2.75) is 19.3 Å². The van der Waals surface area contributed by atoms with Gasteiger partial charge in [-0.25, -0.2) is 9.78 Å². The first-order valence-electron chi connectivity index (χ1n) is 7.40. The Morgan fingerprint density at radius 2 is 2.00 bits per heavy atom. The van der Waals surface area contributed by atoms with Crippen LogP contribution >= 0.6 is 0 Å². The number of nitrogens with zero attached hydrogens (tertiary/aromatic N) is 2. The fraction of sp³-hybridized carbons (Fsp3) is 0.235. The van der Waals surface area contributed by atoms with Crippen LogP contribution in [0.25, 0.3) is 11.0 Å². The van der Waals surface area contributed by atoms with Gasteiger partial charge in [-0.05, 0) is 42.5 Å². The summed E-state index contributed by atoms with van der Waals surface area (Å²) in [5, 5.41) is 9.54. The van der Waals surface area contributed by atoms with Gasteiger partial charge in [-0.1, -0.05) is 12.1 Å². The van der Waals surface area contributed by atoms with Crippen molar-refractivity contribution < 1.29 is 9.90 Å². The number of carboxylic acid groups (broad SMARTS) is 1. The molecule has 2 aromatic heterocycles. The summed E-state index contributed by atoms with van der Waals surface area (Å²) in [7, 11) is 1.88. The molecule has 2 N–H and O–H groups in total. The standard InChI is InChI=1S/C17H17N3O3/c1-20-9-13(14-15(20)18-10-19-16(14)21)4-2-3-11-5-7-12(8-6-11)17(22)23/h5-10H,2-4H2,1H3,(H,22,23)(H,18,19,21). The lowest BCUT2D eigenvalue weighted by molar-refractivity contribution is 0.0697. The molecule has 0 spiro atoms. The van der Waals surface area contributed by atoms with Crippen molar-refractivity contribution in [1.29, 1.82) is 0 Å². The molecule has 23 heavy (non-hydrogen) atoms. The van der Waals surface area contributed by atoms with Crippen LogP contribution in [0.4, 0.5) is 0 Å². The summed E-state index contributed by atoms with van der Waals surface area (Å²) in [6.07, 6.45) is 5.83. The smallest absolute Gasteiger partial charge is 0.335 e. The van der Waals surface area contributed by atoms with E-state index in [0.717, 1.165) is 30.4 Å². The summed E-state index contributed by atoms with van der Waals surface area (Å²) in [6, 6.07) is 6.90. The van der Waals surface area contributed by atoms with Crippen LogP contribution in [0.15, 0.2) is 41.6 Å². The quantitative estimate of drug-likeness (QED) is 0.755. The number of hydrogen-bond acceptors (Lipinski definition) is 3. The molecule has 6 heteroatoms. The molecule has 0 bridgehead atoms. The first-order chi connectivity index (χ1) is 11.1. The van der Waals surface area contributed by atoms with E-state index >= 15 is 0 Å². The molecule has 0 radical (unpaired) electrons. The summed E-state index contributed by atoms with van der Waals surface area (Å²) < 4.78 is 1.86. The van der Waals surface area contributed by atoms with Gasteiger partial charge in [0.15, 0.2) is 0 Å². The molecule has 0 amide bonds.